The number of halogens is 1. The van der Waals surface area contributed by atoms with Gasteiger partial charge in [0.25, 0.3) is 0 Å². The summed E-state index contributed by atoms with van der Waals surface area (Å²) in [5, 5.41) is 12.6. The van der Waals surface area contributed by atoms with Gasteiger partial charge in [-0.25, -0.2) is 0 Å². The average Bonchev–Trinajstić information content (AvgIpc) is 3.11. The number of amidine groups is 2. The first-order chi connectivity index (χ1) is 12.7. The van der Waals surface area contributed by atoms with E-state index in [-0.39, 0.29) is 0 Å². The standard InChI is InChI=1S/C19H27ClN6/c20-15-3-1-14(2-4-15)11-17-13-22-7-10-26(17)16-5-8-25(9-6-16)19-12-18(21)23-24-19/h1-4,16-17,22H,5-13H2,(H2,21,23). The van der Waals surface area contributed by atoms with Crippen LogP contribution in [-0.4, -0.2) is 66.3 Å². The van der Waals surface area contributed by atoms with Crippen molar-refractivity contribution in [3.05, 3.63) is 34.9 Å². The lowest BCUT2D eigenvalue weighted by atomic mass is 9.96. The first kappa shape index (κ1) is 17.8. The van der Waals surface area contributed by atoms with Crippen LogP contribution in [0.5, 0.6) is 0 Å². The van der Waals surface area contributed by atoms with Crippen LogP contribution >= 0.6 is 11.6 Å². The lowest BCUT2D eigenvalue weighted by molar-refractivity contribution is 0.0718. The minimum absolute atomic E-state index is 0.546. The highest BCUT2D eigenvalue weighted by Crippen LogP contribution is 2.23. The van der Waals surface area contributed by atoms with Crippen molar-refractivity contribution < 1.29 is 0 Å². The number of hydrogen-bond donors (Lipinski definition) is 2. The topological polar surface area (TPSA) is 69.2 Å². The highest BCUT2D eigenvalue weighted by atomic mass is 35.5. The second kappa shape index (κ2) is 7.94. The van der Waals surface area contributed by atoms with Gasteiger partial charge in [-0.3, -0.25) is 4.90 Å². The SMILES string of the molecule is NC1=NN=C(N2CCC(N3CCNCC3Cc3ccc(Cl)cc3)CC2)C1. The molecule has 1 atom stereocenters. The molecule has 3 aliphatic rings. The monoisotopic (exact) mass is 374 g/mol. The van der Waals surface area contributed by atoms with Gasteiger partial charge in [0.05, 0.1) is 6.42 Å². The Bertz CT molecular complexity index is 678. The van der Waals surface area contributed by atoms with E-state index in [0.29, 0.717) is 24.3 Å². The van der Waals surface area contributed by atoms with Crippen LogP contribution in [-0.2, 0) is 6.42 Å². The van der Waals surface area contributed by atoms with Crippen molar-refractivity contribution in [2.24, 2.45) is 15.9 Å². The van der Waals surface area contributed by atoms with Crippen molar-refractivity contribution in [3.63, 3.8) is 0 Å². The number of piperidine rings is 1. The van der Waals surface area contributed by atoms with Gasteiger partial charge in [0.2, 0.25) is 0 Å². The molecule has 0 spiro atoms. The molecular weight excluding hydrogens is 348 g/mol. The van der Waals surface area contributed by atoms with Gasteiger partial charge in [-0.1, -0.05) is 23.7 Å². The minimum Gasteiger partial charge on any atom is -0.385 e. The molecule has 0 saturated carbocycles. The van der Waals surface area contributed by atoms with Crippen molar-refractivity contribution >= 4 is 23.3 Å². The largest absolute Gasteiger partial charge is 0.385 e. The fraction of sp³-hybridized carbons (Fsp3) is 0.579. The second-order valence-corrected chi connectivity index (χ2v) is 7.87. The molecule has 26 heavy (non-hydrogen) atoms. The molecule has 0 aliphatic carbocycles. The van der Waals surface area contributed by atoms with Gasteiger partial charge in [0.1, 0.15) is 11.7 Å². The number of nitrogens with zero attached hydrogens (tertiary/aromatic N) is 4. The Kier molecular flexibility index (Phi) is 5.43. The Morgan fingerprint density at radius 2 is 1.88 bits per heavy atom. The van der Waals surface area contributed by atoms with Crippen LogP contribution in [0.1, 0.15) is 24.8 Å². The molecule has 2 fully saturated rings. The van der Waals surface area contributed by atoms with Crippen LogP contribution in [0.15, 0.2) is 34.5 Å². The molecule has 0 aromatic heterocycles. The Morgan fingerprint density at radius 3 is 2.58 bits per heavy atom. The first-order valence-corrected chi connectivity index (χ1v) is 9.91. The summed E-state index contributed by atoms with van der Waals surface area (Å²) < 4.78 is 0. The lowest BCUT2D eigenvalue weighted by Gasteiger charge is -2.45. The summed E-state index contributed by atoms with van der Waals surface area (Å²) in [6, 6.07) is 9.48. The van der Waals surface area contributed by atoms with Crippen LogP contribution < -0.4 is 11.1 Å². The van der Waals surface area contributed by atoms with E-state index in [1.807, 2.05) is 12.1 Å². The van der Waals surface area contributed by atoms with Gasteiger partial charge in [-0.15, -0.1) is 10.2 Å². The number of nitrogens with one attached hydrogen (secondary N) is 1. The van der Waals surface area contributed by atoms with Gasteiger partial charge in [-0.2, -0.15) is 0 Å². The van der Waals surface area contributed by atoms with Gasteiger partial charge >= 0.3 is 0 Å². The highest BCUT2D eigenvalue weighted by Gasteiger charge is 2.32. The van der Waals surface area contributed by atoms with E-state index in [1.54, 1.807) is 0 Å². The third-order valence-corrected chi connectivity index (χ3v) is 5.96. The van der Waals surface area contributed by atoms with Crippen LogP contribution in [0.3, 0.4) is 0 Å². The summed E-state index contributed by atoms with van der Waals surface area (Å²) >= 11 is 6.03. The molecule has 2 saturated heterocycles. The molecule has 7 heteroatoms. The fourth-order valence-corrected chi connectivity index (χ4v) is 4.45. The molecule has 1 unspecified atom stereocenters. The third-order valence-electron chi connectivity index (χ3n) is 5.71. The Morgan fingerprint density at radius 1 is 1.12 bits per heavy atom. The molecule has 1 aromatic carbocycles. The van der Waals surface area contributed by atoms with E-state index in [0.717, 1.165) is 50.0 Å². The third kappa shape index (κ3) is 4.03. The number of hydrogen-bond acceptors (Lipinski definition) is 6. The zero-order valence-corrected chi connectivity index (χ0v) is 15.8. The van der Waals surface area contributed by atoms with Gasteiger partial charge in [0, 0.05) is 49.8 Å². The predicted octanol–water partition coefficient (Wildman–Crippen LogP) is 1.70. The number of nitrogens with two attached hydrogens (primary N) is 1. The van der Waals surface area contributed by atoms with Crippen molar-refractivity contribution in [2.45, 2.75) is 37.8 Å². The van der Waals surface area contributed by atoms with E-state index in [2.05, 4.69) is 37.5 Å². The number of benzene rings is 1. The van der Waals surface area contributed by atoms with Gasteiger partial charge in [0.15, 0.2) is 0 Å². The predicted molar refractivity (Wildman–Crippen MR) is 107 cm³/mol. The number of likely N-dealkylation sites (tertiary alicyclic amines) is 1. The molecule has 3 heterocycles. The molecular formula is C19H27ClN6. The molecule has 0 radical (unpaired) electrons. The van der Waals surface area contributed by atoms with Gasteiger partial charge < -0.3 is 16.0 Å². The number of piperazine rings is 1. The quantitative estimate of drug-likeness (QED) is 0.844. The minimum atomic E-state index is 0.546. The van der Waals surface area contributed by atoms with Crippen molar-refractivity contribution in [2.75, 3.05) is 32.7 Å². The summed E-state index contributed by atoms with van der Waals surface area (Å²) in [5.41, 5.74) is 7.12. The van der Waals surface area contributed by atoms with E-state index in [1.165, 1.54) is 18.4 Å². The second-order valence-electron chi connectivity index (χ2n) is 7.43. The van der Waals surface area contributed by atoms with Crippen molar-refractivity contribution in [3.8, 4) is 0 Å². The first-order valence-electron chi connectivity index (χ1n) is 9.54. The smallest absolute Gasteiger partial charge is 0.135 e. The zero-order valence-electron chi connectivity index (χ0n) is 15.1. The van der Waals surface area contributed by atoms with Crippen LogP contribution in [0.2, 0.25) is 5.02 Å². The van der Waals surface area contributed by atoms with E-state index < -0.39 is 0 Å². The zero-order chi connectivity index (χ0) is 17.9. The van der Waals surface area contributed by atoms with E-state index >= 15 is 0 Å². The average molecular weight is 375 g/mol. The lowest BCUT2D eigenvalue weighted by Crippen LogP contribution is -2.58. The molecule has 0 bridgehead atoms. The maximum Gasteiger partial charge on any atom is 0.135 e. The molecule has 0 amide bonds. The molecule has 4 rings (SSSR count). The van der Waals surface area contributed by atoms with E-state index in [4.69, 9.17) is 17.3 Å². The maximum absolute atomic E-state index is 6.03. The molecule has 140 valence electrons. The van der Waals surface area contributed by atoms with Crippen LogP contribution in [0, 0.1) is 0 Å². The normalized spacial score (nSPS) is 25.3. The van der Waals surface area contributed by atoms with E-state index in [9.17, 15) is 0 Å². The van der Waals surface area contributed by atoms with Crippen molar-refractivity contribution in [1.82, 2.24) is 15.1 Å². The summed E-state index contributed by atoms with van der Waals surface area (Å²) in [4.78, 5) is 5.08. The van der Waals surface area contributed by atoms with Crippen LogP contribution in [0.4, 0.5) is 0 Å². The summed E-state index contributed by atoms with van der Waals surface area (Å²) in [5.74, 6) is 1.67. The Balaban J connectivity index is 1.35. The van der Waals surface area contributed by atoms with Crippen molar-refractivity contribution in [1.29, 1.82) is 0 Å². The van der Waals surface area contributed by atoms with Crippen LogP contribution in [0.25, 0.3) is 0 Å². The highest BCUT2D eigenvalue weighted by molar-refractivity contribution is 6.30. The molecule has 6 nitrogen and oxygen atoms in total. The summed E-state index contributed by atoms with van der Waals surface area (Å²) in [6.45, 7) is 5.35. The molecule has 3 N–H and O–H groups in total. The molecule has 1 aromatic rings. The van der Waals surface area contributed by atoms with Gasteiger partial charge in [-0.05, 0) is 37.0 Å². The summed E-state index contributed by atoms with van der Waals surface area (Å²) in [7, 11) is 0. The Hall–Kier alpha value is -1.63. The molecule has 3 aliphatic heterocycles. The fourth-order valence-electron chi connectivity index (χ4n) is 4.32. The number of rotatable bonds is 3. The summed E-state index contributed by atoms with van der Waals surface area (Å²) in [6.07, 6.45) is 4.13. The maximum atomic E-state index is 6.03. The Labute approximate surface area is 160 Å².